The number of hydrogen-bond acceptors (Lipinski definition) is 5. The molecule has 0 aliphatic carbocycles. The van der Waals surface area contributed by atoms with E-state index in [-0.39, 0.29) is 15.9 Å². The van der Waals surface area contributed by atoms with Crippen LogP contribution in [0.25, 0.3) is 5.69 Å². The average molecular weight is 419 g/mol. The molecule has 0 radical (unpaired) electrons. The fraction of sp³-hybridized carbons (Fsp3) is 0.0588. The minimum atomic E-state index is -4.92. The molecule has 3 N–H and O–H groups in total. The van der Waals surface area contributed by atoms with E-state index in [2.05, 4.69) is 14.2 Å². The van der Waals surface area contributed by atoms with Crippen LogP contribution in [-0.2, 0) is 12.4 Å². The van der Waals surface area contributed by atoms with Gasteiger partial charge in [-0.2, -0.15) is 0 Å². The van der Waals surface area contributed by atoms with Crippen LogP contribution < -0.4 is 9.67 Å². The zero-order valence-corrected chi connectivity index (χ0v) is 15.8. The topological polar surface area (TPSA) is 114 Å². The number of amides is 1. The van der Waals surface area contributed by atoms with Gasteiger partial charge in [0.2, 0.25) is 0 Å². The van der Waals surface area contributed by atoms with Crippen molar-refractivity contribution in [3.8, 4) is 5.69 Å². The Hall–Kier alpha value is -2.64. The number of nitrogens with zero attached hydrogens (tertiary/aromatic N) is 2. The van der Waals surface area contributed by atoms with E-state index in [1.165, 1.54) is 25.1 Å². The van der Waals surface area contributed by atoms with Crippen LogP contribution in [0, 0.1) is 0 Å². The van der Waals surface area contributed by atoms with E-state index in [1.54, 1.807) is 18.6 Å². The SMILES string of the molecule is CC(=O)Nc1ccccc1[As](=O)(O)OO.c1ccc(-n2ccnc2)cc1. The maximum Gasteiger partial charge on any atom is 0.0991 e. The predicted octanol–water partition coefficient (Wildman–Crippen LogP) is 1.58. The van der Waals surface area contributed by atoms with Crippen LogP contribution in [0.3, 0.4) is 0 Å². The third-order valence-corrected chi connectivity index (χ3v) is 5.75. The first-order valence-corrected chi connectivity index (χ1v) is 10.8. The third kappa shape index (κ3) is 5.43. The summed E-state index contributed by atoms with van der Waals surface area (Å²) in [6.07, 6.45) is 5.48. The number of nitrogens with one attached hydrogen (secondary N) is 1. The summed E-state index contributed by atoms with van der Waals surface area (Å²) in [4.78, 5) is 14.8. The molecule has 0 saturated carbocycles. The number of rotatable bonds is 4. The van der Waals surface area contributed by atoms with Crippen LogP contribution >= 0.6 is 0 Å². The third-order valence-electron chi connectivity index (χ3n) is 3.19. The Kier molecular flexibility index (Phi) is 6.94. The van der Waals surface area contributed by atoms with E-state index in [1.807, 2.05) is 41.1 Å². The van der Waals surface area contributed by atoms with Gasteiger partial charge in [-0.1, -0.05) is 18.2 Å². The van der Waals surface area contributed by atoms with Gasteiger partial charge in [0.05, 0.1) is 6.33 Å². The van der Waals surface area contributed by atoms with E-state index < -0.39 is 14.2 Å². The standard InChI is InChI=1S/C9H8N2.C8H10AsNO5/c1-2-4-9(5-3-1)11-7-6-10-8-11;1-6(11)10-8-5-3-2-4-7(8)9(12,13)15-14/h1-8H;2-5,14H,1H3,(H,10,11)(H,12,13). The molecule has 3 rings (SSSR count). The molecule has 8 nitrogen and oxygen atoms in total. The van der Waals surface area contributed by atoms with Crippen LogP contribution in [0.15, 0.2) is 73.3 Å². The monoisotopic (exact) mass is 419 g/mol. The fourth-order valence-electron chi connectivity index (χ4n) is 2.07. The van der Waals surface area contributed by atoms with Gasteiger partial charge in [-0.3, -0.25) is 0 Å². The quantitative estimate of drug-likeness (QED) is 0.336. The molecule has 1 aromatic heterocycles. The zero-order chi connectivity index (χ0) is 19.0. The second-order valence-corrected chi connectivity index (χ2v) is 8.64. The second-order valence-electron chi connectivity index (χ2n) is 5.11. The van der Waals surface area contributed by atoms with E-state index in [0.717, 1.165) is 5.69 Å². The molecule has 2 aromatic carbocycles. The van der Waals surface area contributed by atoms with Crippen LogP contribution in [0.5, 0.6) is 0 Å². The van der Waals surface area contributed by atoms with Gasteiger partial charge in [0.1, 0.15) is 0 Å². The van der Waals surface area contributed by atoms with Crippen molar-refractivity contribution in [2.45, 2.75) is 6.92 Å². The molecule has 136 valence electrons. The van der Waals surface area contributed by atoms with Crippen molar-refractivity contribution in [2.75, 3.05) is 5.32 Å². The summed E-state index contributed by atoms with van der Waals surface area (Å²) in [5.74, 6) is -0.379. The summed E-state index contributed by atoms with van der Waals surface area (Å²) < 4.78 is 26.1. The summed E-state index contributed by atoms with van der Waals surface area (Å²) >= 11 is -4.92. The molecule has 0 fully saturated rings. The van der Waals surface area contributed by atoms with Gasteiger partial charge in [-0.15, -0.1) is 0 Å². The second kappa shape index (κ2) is 9.17. The maximum atomic E-state index is 11.4. The first-order valence-electron chi connectivity index (χ1n) is 7.50. The molecule has 1 amide bonds. The number of aromatic nitrogens is 2. The van der Waals surface area contributed by atoms with Crippen LogP contribution in [-0.4, -0.2) is 39.0 Å². The molecule has 0 saturated heterocycles. The average Bonchev–Trinajstić information content (AvgIpc) is 3.18. The van der Waals surface area contributed by atoms with E-state index in [9.17, 15) is 12.6 Å². The Morgan fingerprint density at radius 2 is 1.81 bits per heavy atom. The molecule has 1 heterocycles. The van der Waals surface area contributed by atoms with Crippen molar-refractivity contribution in [1.29, 1.82) is 0 Å². The van der Waals surface area contributed by atoms with E-state index in [4.69, 9.17) is 5.26 Å². The molecule has 3 aromatic rings. The molecule has 1 atom stereocenters. The molecular weight excluding hydrogens is 401 g/mol. The fourth-order valence-corrected chi connectivity index (χ4v) is 3.74. The van der Waals surface area contributed by atoms with Gasteiger partial charge in [0.25, 0.3) is 0 Å². The van der Waals surface area contributed by atoms with Gasteiger partial charge >= 0.3 is 88.4 Å². The van der Waals surface area contributed by atoms with Gasteiger partial charge in [0.15, 0.2) is 0 Å². The van der Waals surface area contributed by atoms with Crippen molar-refractivity contribution in [3.63, 3.8) is 0 Å². The molecule has 0 bridgehead atoms. The minimum absolute atomic E-state index is 0.103. The Labute approximate surface area is 153 Å². The number of imidazole rings is 1. The van der Waals surface area contributed by atoms with Crippen molar-refractivity contribution < 1.29 is 21.8 Å². The molecule has 26 heavy (non-hydrogen) atoms. The summed E-state index contributed by atoms with van der Waals surface area (Å²) in [6.45, 7) is 1.27. The number of benzene rings is 2. The number of carbonyl (C=O) groups excluding carboxylic acids is 1. The Balaban J connectivity index is 0.000000195. The first kappa shape index (κ1) is 19.7. The van der Waals surface area contributed by atoms with Gasteiger partial charge < -0.3 is 4.57 Å². The summed E-state index contributed by atoms with van der Waals surface area (Å²) in [5, 5.41) is 10.7. The molecule has 0 spiro atoms. The Morgan fingerprint density at radius 1 is 1.15 bits per heavy atom. The molecule has 0 aliphatic rings. The van der Waals surface area contributed by atoms with Crippen molar-refractivity contribution in [1.82, 2.24) is 9.55 Å². The number of hydrogen-bond donors (Lipinski definition) is 3. The van der Waals surface area contributed by atoms with Crippen molar-refractivity contribution in [3.05, 3.63) is 73.3 Å². The minimum Gasteiger partial charge on any atom is -0.306 e. The van der Waals surface area contributed by atoms with Gasteiger partial charge in [-0.25, -0.2) is 4.98 Å². The van der Waals surface area contributed by atoms with Gasteiger partial charge in [-0.05, 0) is 12.1 Å². The zero-order valence-electron chi connectivity index (χ0n) is 13.9. The smallest absolute Gasteiger partial charge is 0.0991 e. The van der Waals surface area contributed by atoms with Crippen molar-refractivity contribution in [2.24, 2.45) is 0 Å². The largest absolute Gasteiger partial charge is 0.306 e. The van der Waals surface area contributed by atoms with E-state index >= 15 is 0 Å². The van der Waals surface area contributed by atoms with Crippen LogP contribution in [0.1, 0.15) is 6.92 Å². The summed E-state index contributed by atoms with van der Waals surface area (Å²) in [7, 11) is 0. The number of carbonyl (C=O) groups is 1. The number of anilines is 1. The van der Waals surface area contributed by atoms with Crippen LogP contribution in [0.4, 0.5) is 5.69 Å². The Bertz CT molecular complexity index is 884. The normalized spacial score (nSPS) is 12.4. The Morgan fingerprint density at radius 3 is 2.38 bits per heavy atom. The van der Waals surface area contributed by atoms with Crippen LogP contribution in [0.2, 0.25) is 0 Å². The maximum absolute atomic E-state index is 11.4. The number of para-hydroxylation sites is 2. The molecule has 0 aliphatic heterocycles. The predicted molar refractivity (Wildman–Crippen MR) is 96.3 cm³/mol. The molecule has 1 unspecified atom stereocenters. The summed E-state index contributed by atoms with van der Waals surface area (Å²) in [5.41, 5.74) is 1.30. The van der Waals surface area contributed by atoms with Gasteiger partial charge in [0, 0.05) is 18.1 Å². The van der Waals surface area contributed by atoms with E-state index in [0.29, 0.717) is 0 Å². The molecular formula is C17H18AsN3O5. The summed E-state index contributed by atoms with van der Waals surface area (Å²) in [6, 6.07) is 15.9. The first-order chi connectivity index (χ1) is 12.4. The van der Waals surface area contributed by atoms with Crippen molar-refractivity contribution >= 4 is 30.1 Å². The molecule has 9 heteroatoms.